The van der Waals surface area contributed by atoms with Gasteiger partial charge in [-0.2, -0.15) is 0 Å². The van der Waals surface area contributed by atoms with E-state index in [0.29, 0.717) is 0 Å². The van der Waals surface area contributed by atoms with Crippen LogP contribution < -0.4 is 5.43 Å². The molecule has 88 valence electrons. The Morgan fingerprint density at radius 3 is 2.82 bits per heavy atom. The number of hydrogen-bond donors (Lipinski definition) is 1. The van der Waals surface area contributed by atoms with Crippen LogP contribution >= 0.6 is 11.3 Å². The van der Waals surface area contributed by atoms with E-state index in [2.05, 4.69) is 34.9 Å². The first-order chi connectivity index (χ1) is 8.24. The Morgan fingerprint density at radius 2 is 2.06 bits per heavy atom. The van der Waals surface area contributed by atoms with E-state index >= 15 is 0 Å². The van der Waals surface area contributed by atoms with Crippen LogP contribution in [-0.4, -0.2) is 14.1 Å². The molecule has 0 radical (unpaired) electrons. The lowest BCUT2D eigenvalue weighted by Crippen LogP contribution is -2.13. The van der Waals surface area contributed by atoms with E-state index in [1.165, 1.54) is 10.6 Å². The third-order valence-corrected chi connectivity index (χ3v) is 3.67. The summed E-state index contributed by atoms with van der Waals surface area (Å²) >= 11 is 1.73. The molecule has 0 saturated carbocycles. The minimum atomic E-state index is 0.776. The maximum absolute atomic E-state index is 4.57. The predicted octanol–water partition coefficient (Wildman–Crippen LogP) is 2.56. The first-order valence-electron chi connectivity index (χ1n) is 5.55. The van der Waals surface area contributed by atoms with Crippen LogP contribution in [0.4, 0.5) is 0 Å². The molecule has 0 aromatic carbocycles. The van der Waals surface area contributed by atoms with Crippen molar-refractivity contribution >= 4 is 16.3 Å². The summed E-state index contributed by atoms with van der Waals surface area (Å²) in [5, 5.41) is 0. The molecule has 3 aromatic rings. The maximum Gasteiger partial charge on any atom is 0.194 e. The fourth-order valence-corrected chi connectivity index (χ4v) is 2.82. The number of aromatic nitrogens is 3. The summed E-state index contributed by atoms with van der Waals surface area (Å²) in [6, 6.07) is 4.00. The Morgan fingerprint density at radius 1 is 1.29 bits per heavy atom. The van der Waals surface area contributed by atoms with Gasteiger partial charge in [0.05, 0.1) is 17.9 Å². The van der Waals surface area contributed by atoms with Crippen LogP contribution in [0.3, 0.4) is 0 Å². The van der Waals surface area contributed by atoms with Crippen LogP contribution in [0.15, 0.2) is 30.7 Å². The van der Waals surface area contributed by atoms with Gasteiger partial charge in [-0.3, -0.25) is 9.08 Å². The standard InChI is InChI=1S/C12H14N4S/c1-9-8-16-11(10(2)14-12(16)17-9)7-13-15-5-3-4-6-15/h3-6,8,13H,7H2,1-2H3. The average molecular weight is 246 g/mol. The molecule has 3 aromatic heterocycles. The smallest absolute Gasteiger partial charge is 0.194 e. The molecule has 0 unspecified atom stereocenters. The van der Waals surface area contributed by atoms with Crippen molar-refractivity contribution in [2.45, 2.75) is 20.4 Å². The van der Waals surface area contributed by atoms with Crippen molar-refractivity contribution in [1.29, 1.82) is 0 Å². The molecule has 3 rings (SSSR count). The van der Waals surface area contributed by atoms with Gasteiger partial charge in [0, 0.05) is 23.5 Å². The van der Waals surface area contributed by atoms with E-state index in [0.717, 1.165) is 17.2 Å². The van der Waals surface area contributed by atoms with Crippen molar-refractivity contribution in [1.82, 2.24) is 14.1 Å². The van der Waals surface area contributed by atoms with Crippen molar-refractivity contribution in [3.63, 3.8) is 0 Å². The zero-order valence-corrected chi connectivity index (χ0v) is 10.7. The SMILES string of the molecule is Cc1cn2c(CNn3cccc3)c(C)nc2s1. The molecule has 0 aliphatic carbocycles. The van der Waals surface area contributed by atoms with Crippen LogP contribution in [0.25, 0.3) is 4.96 Å². The number of nitrogens with one attached hydrogen (secondary N) is 1. The lowest BCUT2D eigenvalue weighted by molar-refractivity contribution is 0.818. The minimum absolute atomic E-state index is 0.776. The van der Waals surface area contributed by atoms with E-state index < -0.39 is 0 Å². The average Bonchev–Trinajstić information content (AvgIpc) is 2.93. The highest BCUT2D eigenvalue weighted by molar-refractivity contribution is 7.17. The molecule has 0 saturated heterocycles. The molecule has 0 aliphatic heterocycles. The van der Waals surface area contributed by atoms with E-state index in [1.54, 1.807) is 11.3 Å². The van der Waals surface area contributed by atoms with Crippen LogP contribution in [0.1, 0.15) is 16.3 Å². The third-order valence-electron chi connectivity index (χ3n) is 2.77. The molecule has 5 heteroatoms. The Hall–Kier alpha value is -1.75. The molecule has 4 nitrogen and oxygen atoms in total. The third kappa shape index (κ3) is 1.82. The predicted molar refractivity (Wildman–Crippen MR) is 70.0 cm³/mol. The molecular weight excluding hydrogens is 232 g/mol. The molecular formula is C12H14N4S. The highest BCUT2D eigenvalue weighted by Crippen LogP contribution is 2.20. The highest BCUT2D eigenvalue weighted by Gasteiger charge is 2.10. The Bertz CT molecular complexity index is 633. The number of nitrogens with zero attached hydrogens (tertiary/aromatic N) is 3. The summed E-state index contributed by atoms with van der Waals surface area (Å²) < 4.78 is 4.13. The largest absolute Gasteiger partial charge is 0.320 e. The van der Waals surface area contributed by atoms with Gasteiger partial charge in [-0.25, -0.2) is 4.98 Å². The molecule has 0 fully saturated rings. The van der Waals surface area contributed by atoms with Gasteiger partial charge >= 0.3 is 0 Å². The van der Waals surface area contributed by atoms with Crippen LogP contribution in [0, 0.1) is 13.8 Å². The normalized spacial score (nSPS) is 11.2. The van der Waals surface area contributed by atoms with Gasteiger partial charge in [0.2, 0.25) is 0 Å². The van der Waals surface area contributed by atoms with Crippen LogP contribution in [-0.2, 0) is 6.54 Å². The van der Waals surface area contributed by atoms with Gasteiger partial charge in [0.1, 0.15) is 0 Å². The summed E-state index contributed by atoms with van der Waals surface area (Å²) in [5.74, 6) is 0. The maximum atomic E-state index is 4.57. The van der Waals surface area contributed by atoms with Crippen LogP contribution in [0.2, 0.25) is 0 Å². The first-order valence-corrected chi connectivity index (χ1v) is 6.36. The molecule has 17 heavy (non-hydrogen) atoms. The zero-order chi connectivity index (χ0) is 11.8. The number of aryl methyl sites for hydroxylation is 2. The van der Waals surface area contributed by atoms with Crippen LogP contribution in [0.5, 0.6) is 0 Å². The summed E-state index contributed by atoms with van der Waals surface area (Å²) in [6.45, 7) is 4.94. The summed E-state index contributed by atoms with van der Waals surface area (Å²) in [7, 11) is 0. The lowest BCUT2D eigenvalue weighted by atomic mass is 10.3. The Labute approximate surface area is 104 Å². The van der Waals surface area contributed by atoms with Gasteiger partial charge in [-0.15, -0.1) is 11.3 Å². The quantitative estimate of drug-likeness (QED) is 0.770. The number of imidazole rings is 1. The molecule has 3 heterocycles. The fourth-order valence-electron chi connectivity index (χ4n) is 1.93. The lowest BCUT2D eigenvalue weighted by Gasteiger charge is -2.07. The van der Waals surface area contributed by atoms with E-state index in [9.17, 15) is 0 Å². The van der Waals surface area contributed by atoms with Crippen molar-refractivity contribution in [2.24, 2.45) is 0 Å². The van der Waals surface area contributed by atoms with Gasteiger partial charge < -0.3 is 5.43 Å². The van der Waals surface area contributed by atoms with Crippen molar-refractivity contribution < 1.29 is 0 Å². The van der Waals surface area contributed by atoms with E-state index in [1.807, 2.05) is 29.2 Å². The second-order valence-electron chi connectivity index (χ2n) is 4.06. The zero-order valence-electron chi connectivity index (χ0n) is 9.84. The number of fused-ring (bicyclic) bond motifs is 1. The van der Waals surface area contributed by atoms with Crippen molar-refractivity contribution in [2.75, 3.05) is 5.43 Å². The van der Waals surface area contributed by atoms with Gasteiger partial charge in [-0.1, -0.05) is 0 Å². The monoisotopic (exact) mass is 246 g/mol. The molecule has 1 N–H and O–H groups in total. The summed E-state index contributed by atoms with van der Waals surface area (Å²) in [5.41, 5.74) is 5.64. The Kier molecular flexibility index (Phi) is 2.40. The second kappa shape index (κ2) is 3.92. The number of hydrogen-bond acceptors (Lipinski definition) is 3. The Balaban J connectivity index is 1.90. The first kappa shape index (κ1) is 10.4. The van der Waals surface area contributed by atoms with Gasteiger partial charge in [0.25, 0.3) is 0 Å². The van der Waals surface area contributed by atoms with E-state index in [4.69, 9.17) is 0 Å². The highest BCUT2D eigenvalue weighted by atomic mass is 32.1. The fraction of sp³-hybridized carbons (Fsp3) is 0.250. The van der Waals surface area contributed by atoms with Gasteiger partial charge in [0.15, 0.2) is 4.96 Å². The van der Waals surface area contributed by atoms with Crippen molar-refractivity contribution in [3.05, 3.63) is 47.0 Å². The molecule has 0 spiro atoms. The second-order valence-corrected chi connectivity index (χ2v) is 5.28. The van der Waals surface area contributed by atoms with Gasteiger partial charge in [-0.05, 0) is 26.0 Å². The van der Waals surface area contributed by atoms with Crippen molar-refractivity contribution in [3.8, 4) is 0 Å². The summed E-state index contributed by atoms with van der Waals surface area (Å²) in [4.78, 5) is 6.93. The topological polar surface area (TPSA) is 34.3 Å². The van der Waals surface area contributed by atoms with E-state index in [-0.39, 0.29) is 0 Å². The number of rotatable bonds is 3. The molecule has 0 bridgehead atoms. The summed E-state index contributed by atoms with van der Waals surface area (Å²) in [6.07, 6.45) is 6.13. The molecule has 0 amide bonds. The minimum Gasteiger partial charge on any atom is -0.320 e. The number of thiazole rings is 1. The molecule has 0 aliphatic rings. The molecule has 0 atom stereocenters.